The van der Waals surface area contributed by atoms with Crippen LogP contribution in [0.2, 0.25) is 0 Å². The van der Waals surface area contributed by atoms with Crippen LogP contribution in [-0.4, -0.2) is 0 Å². The average molecular weight is 1600 g/mol. The molecular formula is C126H84. The van der Waals surface area contributed by atoms with E-state index >= 15 is 0 Å². The summed E-state index contributed by atoms with van der Waals surface area (Å²) in [6.45, 7) is 0. The van der Waals surface area contributed by atoms with Gasteiger partial charge in [-0.15, -0.1) is 0 Å². The van der Waals surface area contributed by atoms with E-state index in [1.807, 2.05) is 0 Å². The van der Waals surface area contributed by atoms with Crippen molar-refractivity contribution in [3.05, 3.63) is 510 Å². The van der Waals surface area contributed by atoms with E-state index in [1.165, 1.54) is 230 Å². The Morgan fingerprint density at radius 3 is 0.651 bits per heavy atom. The van der Waals surface area contributed by atoms with Gasteiger partial charge in [-0.1, -0.05) is 497 Å². The minimum absolute atomic E-state index is 1.23. The summed E-state index contributed by atoms with van der Waals surface area (Å²) in [6, 6.07) is 185. The van der Waals surface area contributed by atoms with Crippen LogP contribution in [0.5, 0.6) is 0 Å². The fourth-order valence-corrected chi connectivity index (χ4v) is 19.5. The molecule has 24 aromatic rings. The van der Waals surface area contributed by atoms with Crippen LogP contribution in [-0.2, 0) is 0 Å². The third-order valence-electron chi connectivity index (χ3n) is 25.4. The monoisotopic (exact) mass is 1600 g/mol. The molecule has 0 nitrogen and oxygen atoms in total. The van der Waals surface area contributed by atoms with Gasteiger partial charge in [0.1, 0.15) is 0 Å². The molecule has 0 spiro atoms. The van der Waals surface area contributed by atoms with Gasteiger partial charge in [0.25, 0.3) is 0 Å². The topological polar surface area (TPSA) is 0 Å². The molecule has 588 valence electrons. The normalized spacial score (nSPS) is 11.3. The SMILES string of the molecule is c1ccc(-c2ccc(-c3c4ccccc4c(-c4ccc(-c5cccc6ccccc56)cc4)c4ccccc34)cc2)cc1.c1ccc(-c2ccc(-c3c4ccccc4c(-c4cccc(-c5cccc6ccccc56)c4)c4ccccc34)cc2)cc1.c1ccc(-c2ccc(-c3c4ccccc4c(-c4ccccc4-c4ccc5ccccc5c4)c4ccccc34)cc2)cc1. The van der Waals surface area contributed by atoms with Crippen molar-refractivity contribution in [2.24, 2.45) is 0 Å². The highest BCUT2D eigenvalue weighted by Gasteiger charge is 2.23. The van der Waals surface area contributed by atoms with Crippen molar-refractivity contribution < 1.29 is 0 Å². The second kappa shape index (κ2) is 33.6. The van der Waals surface area contributed by atoms with Crippen LogP contribution in [0, 0.1) is 0 Å². The Bertz CT molecular complexity index is 8010. The Labute approximate surface area is 734 Å². The smallest absolute Gasteiger partial charge is 0.00201 e. The van der Waals surface area contributed by atoms with E-state index in [0.717, 1.165) is 0 Å². The number of hydrogen-bond donors (Lipinski definition) is 0. The highest BCUT2D eigenvalue weighted by atomic mass is 14.3. The summed E-state index contributed by atoms with van der Waals surface area (Å²) in [4.78, 5) is 0. The lowest BCUT2D eigenvalue weighted by Gasteiger charge is -2.20. The van der Waals surface area contributed by atoms with Crippen molar-refractivity contribution in [2.75, 3.05) is 0 Å². The number of fused-ring (bicyclic) bond motifs is 9. The zero-order valence-electron chi connectivity index (χ0n) is 69.5. The van der Waals surface area contributed by atoms with Gasteiger partial charge in [-0.05, 0) is 243 Å². The lowest BCUT2D eigenvalue weighted by molar-refractivity contribution is 1.61. The summed E-state index contributed by atoms with van der Waals surface area (Å²) in [5, 5.41) is 22.9. The van der Waals surface area contributed by atoms with Gasteiger partial charge in [-0.25, -0.2) is 0 Å². The van der Waals surface area contributed by atoms with Crippen LogP contribution in [0.1, 0.15) is 0 Å². The minimum atomic E-state index is 1.23. The maximum Gasteiger partial charge on any atom is -0.00201 e. The van der Waals surface area contributed by atoms with Crippen molar-refractivity contribution in [2.45, 2.75) is 0 Å². The molecule has 0 bridgehead atoms. The molecule has 0 unspecified atom stereocenters. The minimum Gasteiger partial charge on any atom is -0.0622 e. The van der Waals surface area contributed by atoms with Gasteiger partial charge in [-0.2, -0.15) is 0 Å². The zero-order chi connectivity index (χ0) is 83.6. The van der Waals surface area contributed by atoms with E-state index < -0.39 is 0 Å². The summed E-state index contributed by atoms with van der Waals surface area (Å²) in [6.07, 6.45) is 0. The fourth-order valence-electron chi connectivity index (χ4n) is 19.5. The van der Waals surface area contributed by atoms with E-state index in [2.05, 4.69) is 510 Å². The maximum absolute atomic E-state index is 2.37. The van der Waals surface area contributed by atoms with Crippen molar-refractivity contribution >= 4 is 97.0 Å². The third kappa shape index (κ3) is 14.3. The predicted octanol–water partition coefficient (Wildman–Crippen LogP) is 35.4. The Morgan fingerprint density at radius 2 is 0.286 bits per heavy atom. The van der Waals surface area contributed by atoms with Crippen molar-refractivity contribution in [1.82, 2.24) is 0 Å². The molecule has 0 saturated carbocycles. The van der Waals surface area contributed by atoms with Crippen LogP contribution in [0.3, 0.4) is 0 Å². The Balaban J connectivity index is 0.000000112. The fraction of sp³-hybridized carbons (Fsp3) is 0. The van der Waals surface area contributed by atoms with E-state index in [-0.39, 0.29) is 0 Å². The standard InChI is InChI=1S/3C42H28/c1-2-12-29(13-3-1)30-24-26-32(27-25-30)41-37-19-6-8-21-39(37)42(40-22-9-7-20-38(40)41)34-17-10-16-33(28-34)36-23-11-15-31-14-4-5-18-35(31)36;1-2-11-29(12-3-1)30-21-25-33(26-22-30)41-37-16-6-8-18-39(37)42(40-19-9-7-17-38(40)41)34-27-23-32(24-28-34)36-20-10-14-31-13-4-5-15-35(31)36;1-2-12-29(13-3-1)31-22-25-32(26-23-31)41-37-18-8-10-20-39(37)42(40-21-11-9-19-38(40)41)36-17-7-6-16-35(36)34-27-24-30-14-4-5-15-33(30)28-34/h3*1-28H. The summed E-state index contributed by atoms with van der Waals surface area (Å²) in [5.41, 5.74) is 30.0. The Morgan fingerprint density at radius 1 is 0.0794 bits per heavy atom. The van der Waals surface area contributed by atoms with Gasteiger partial charge < -0.3 is 0 Å². The molecule has 0 aliphatic carbocycles. The molecule has 0 amide bonds. The summed E-state index contributed by atoms with van der Waals surface area (Å²) in [7, 11) is 0. The van der Waals surface area contributed by atoms with Crippen LogP contribution in [0.4, 0.5) is 0 Å². The Hall–Kier alpha value is -16.4. The van der Waals surface area contributed by atoms with Crippen LogP contribution in [0.15, 0.2) is 510 Å². The molecule has 0 N–H and O–H groups in total. The first-order valence-corrected chi connectivity index (χ1v) is 43.6. The largest absolute Gasteiger partial charge is 0.0622 e. The molecule has 0 fully saturated rings. The van der Waals surface area contributed by atoms with Crippen molar-refractivity contribution in [3.63, 3.8) is 0 Å². The molecule has 0 radical (unpaired) electrons. The van der Waals surface area contributed by atoms with E-state index in [4.69, 9.17) is 0 Å². The molecule has 24 rings (SSSR count). The molecule has 0 heterocycles. The van der Waals surface area contributed by atoms with Gasteiger partial charge in [0.05, 0.1) is 0 Å². The predicted molar refractivity (Wildman–Crippen MR) is 542 cm³/mol. The van der Waals surface area contributed by atoms with Crippen LogP contribution < -0.4 is 0 Å². The summed E-state index contributed by atoms with van der Waals surface area (Å²) in [5.74, 6) is 0. The number of hydrogen-bond acceptors (Lipinski definition) is 0. The molecule has 0 atom stereocenters. The van der Waals surface area contributed by atoms with Crippen LogP contribution in [0.25, 0.3) is 230 Å². The average Bonchev–Trinajstić information content (AvgIpc) is 0.741. The molecule has 0 aliphatic rings. The van der Waals surface area contributed by atoms with E-state index in [1.54, 1.807) is 0 Å². The highest BCUT2D eigenvalue weighted by molar-refractivity contribution is 6.25. The summed E-state index contributed by atoms with van der Waals surface area (Å²) >= 11 is 0. The molecule has 24 aromatic carbocycles. The molecule has 0 aliphatic heterocycles. The van der Waals surface area contributed by atoms with Gasteiger partial charge in [-0.3, -0.25) is 0 Å². The maximum atomic E-state index is 2.37. The van der Waals surface area contributed by atoms with Crippen molar-refractivity contribution in [1.29, 1.82) is 0 Å². The first-order chi connectivity index (χ1) is 62.5. The van der Waals surface area contributed by atoms with Crippen molar-refractivity contribution in [3.8, 4) is 134 Å². The quantitative estimate of drug-likeness (QED) is 0.107. The van der Waals surface area contributed by atoms with E-state index in [9.17, 15) is 0 Å². The van der Waals surface area contributed by atoms with Gasteiger partial charge in [0.15, 0.2) is 0 Å². The van der Waals surface area contributed by atoms with Gasteiger partial charge in [0, 0.05) is 0 Å². The first kappa shape index (κ1) is 75.8. The number of benzene rings is 24. The molecule has 0 heteroatoms. The third-order valence-corrected chi connectivity index (χ3v) is 25.4. The number of rotatable bonds is 12. The second-order valence-electron chi connectivity index (χ2n) is 32.7. The van der Waals surface area contributed by atoms with Crippen LogP contribution >= 0.6 is 0 Å². The first-order valence-electron chi connectivity index (χ1n) is 43.6. The van der Waals surface area contributed by atoms with E-state index in [0.29, 0.717) is 0 Å². The molecule has 0 aromatic heterocycles. The molecule has 126 heavy (non-hydrogen) atoms. The zero-order valence-corrected chi connectivity index (χ0v) is 69.5. The second-order valence-corrected chi connectivity index (χ2v) is 32.7. The summed E-state index contributed by atoms with van der Waals surface area (Å²) < 4.78 is 0. The molecular weight excluding hydrogens is 1510 g/mol. The van der Waals surface area contributed by atoms with Gasteiger partial charge in [0.2, 0.25) is 0 Å². The Kier molecular flexibility index (Phi) is 20.2. The lowest BCUT2D eigenvalue weighted by Crippen LogP contribution is -1.92. The lowest BCUT2D eigenvalue weighted by atomic mass is 9.83. The highest BCUT2D eigenvalue weighted by Crippen LogP contribution is 2.50. The van der Waals surface area contributed by atoms with Gasteiger partial charge >= 0.3 is 0 Å². The molecule has 0 saturated heterocycles.